The molecule has 4 nitrogen and oxygen atoms in total. The highest BCUT2D eigenvalue weighted by Gasteiger charge is 2.13. The molecule has 0 aliphatic heterocycles. The van der Waals surface area contributed by atoms with Gasteiger partial charge in [0.25, 0.3) is 5.82 Å². The largest absolute Gasteiger partial charge is 0.487 e. The van der Waals surface area contributed by atoms with Crippen molar-refractivity contribution in [2.45, 2.75) is 6.92 Å². The van der Waals surface area contributed by atoms with Crippen LogP contribution in [-0.2, 0) is 0 Å². The molecular formula is C7H7BN2O2. The van der Waals surface area contributed by atoms with Gasteiger partial charge in [-0.15, -0.1) is 4.98 Å². The minimum absolute atomic E-state index is 0.179. The van der Waals surface area contributed by atoms with Gasteiger partial charge < -0.3 is 14.9 Å². The van der Waals surface area contributed by atoms with Crippen LogP contribution in [0.4, 0.5) is 5.82 Å². The number of nitrogens with zero attached hydrogens (tertiary/aromatic N) is 2. The van der Waals surface area contributed by atoms with Crippen LogP contribution >= 0.6 is 0 Å². The van der Waals surface area contributed by atoms with Crippen molar-refractivity contribution in [3.63, 3.8) is 0 Å². The van der Waals surface area contributed by atoms with E-state index >= 15 is 0 Å². The van der Waals surface area contributed by atoms with Crippen molar-refractivity contribution in [2.75, 3.05) is 0 Å². The third-order valence-corrected chi connectivity index (χ3v) is 1.37. The Morgan fingerprint density at radius 1 is 1.50 bits per heavy atom. The zero-order chi connectivity index (χ0) is 9.14. The van der Waals surface area contributed by atoms with E-state index in [1.54, 1.807) is 6.92 Å². The second-order valence-corrected chi connectivity index (χ2v) is 2.39. The number of pyridine rings is 1. The molecule has 0 aromatic carbocycles. The van der Waals surface area contributed by atoms with Crippen molar-refractivity contribution >= 4 is 18.4 Å². The Hall–Kier alpha value is -1.38. The summed E-state index contributed by atoms with van der Waals surface area (Å²) in [5, 5.41) is 17.6. The number of aryl methyl sites for hydroxylation is 1. The van der Waals surface area contributed by atoms with Crippen molar-refractivity contribution in [2.24, 2.45) is 0 Å². The summed E-state index contributed by atoms with van der Waals surface area (Å²) in [6.45, 7) is 8.37. The standard InChI is InChI=1S/C7H7BN2O2/c1-5-3-6(8(11)12)4-7(9-2)10-5/h3-4,11-12H,1H3. The molecule has 1 aromatic rings. The van der Waals surface area contributed by atoms with E-state index in [1.165, 1.54) is 12.1 Å². The Bertz CT molecular complexity index is 333. The van der Waals surface area contributed by atoms with E-state index in [0.717, 1.165) is 0 Å². The fraction of sp³-hybridized carbons (Fsp3) is 0.143. The molecule has 0 saturated heterocycles. The lowest BCUT2D eigenvalue weighted by molar-refractivity contribution is 0.425. The normalized spacial score (nSPS) is 9.17. The molecule has 1 aromatic heterocycles. The summed E-state index contributed by atoms with van der Waals surface area (Å²) in [6, 6.07) is 2.88. The number of hydrogen-bond donors (Lipinski definition) is 2. The molecule has 12 heavy (non-hydrogen) atoms. The van der Waals surface area contributed by atoms with Crippen LogP contribution in [0.5, 0.6) is 0 Å². The van der Waals surface area contributed by atoms with Crippen molar-refractivity contribution in [1.29, 1.82) is 0 Å². The SMILES string of the molecule is [C-]#[N+]c1cc(B(O)O)cc(C)n1. The number of rotatable bonds is 1. The molecule has 0 aliphatic carbocycles. The third-order valence-electron chi connectivity index (χ3n) is 1.37. The van der Waals surface area contributed by atoms with Gasteiger partial charge in [-0.3, -0.25) is 0 Å². The first-order chi connectivity index (χ1) is 5.63. The quantitative estimate of drug-likeness (QED) is 0.437. The van der Waals surface area contributed by atoms with Gasteiger partial charge in [0.05, 0.1) is 0 Å². The molecule has 0 atom stereocenters. The van der Waals surface area contributed by atoms with Crippen LogP contribution in [0.15, 0.2) is 12.1 Å². The summed E-state index contributed by atoms with van der Waals surface area (Å²) >= 11 is 0. The van der Waals surface area contributed by atoms with Crippen LogP contribution in [0.2, 0.25) is 0 Å². The van der Waals surface area contributed by atoms with E-state index < -0.39 is 7.12 Å². The highest BCUT2D eigenvalue weighted by Crippen LogP contribution is 2.05. The second-order valence-electron chi connectivity index (χ2n) is 2.39. The summed E-state index contributed by atoms with van der Waals surface area (Å²) in [6.07, 6.45) is 0. The monoisotopic (exact) mass is 162 g/mol. The van der Waals surface area contributed by atoms with E-state index in [9.17, 15) is 0 Å². The van der Waals surface area contributed by atoms with Crippen LogP contribution in [0.1, 0.15) is 5.69 Å². The molecule has 1 rings (SSSR count). The molecule has 0 radical (unpaired) electrons. The maximum absolute atomic E-state index is 8.79. The predicted molar refractivity (Wildman–Crippen MR) is 45.1 cm³/mol. The molecule has 0 aliphatic rings. The van der Waals surface area contributed by atoms with E-state index in [1.807, 2.05) is 0 Å². The fourth-order valence-electron chi connectivity index (χ4n) is 0.884. The van der Waals surface area contributed by atoms with Gasteiger partial charge >= 0.3 is 7.12 Å². The summed E-state index contributed by atoms with van der Waals surface area (Å²) in [5.41, 5.74) is 0.903. The van der Waals surface area contributed by atoms with Crippen molar-refractivity contribution in [3.8, 4) is 0 Å². The molecule has 0 fully saturated rings. The van der Waals surface area contributed by atoms with Gasteiger partial charge in [-0.1, -0.05) is 6.57 Å². The lowest BCUT2D eigenvalue weighted by Gasteiger charge is -1.98. The Labute approximate surface area is 70.5 Å². The van der Waals surface area contributed by atoms with Crippen LogP contribution < -0.4 is 5.46 Å². The molecule has 0 amide bonds. The first-order valence-corrected chi connectivity index (χ1v) is 3.35. The van der Waals surface area contributed by atoms with E-state index in [4.69, 9.17) is 16.6 Å². The van der Waals surface area contributed by atoms with Gasteiger partial charge in [0.15, 0.2) is 0 Å². The first kappa shape index (κ1) is 8.72. The topological polar surface area (TPSA) is 57.7 Å². The van der Waals surface area contributed by atoms with Gasteiger partial charge in [0.1, 0.15) is 5.69 Å². The van der Waals surface area contributed by atoms with E-state index in [-0.39, 0.29) is 5.82 Å². The average molecular weight is 162 g/mol. The van der Waals surface area contributed by atoms with Crippen molar-refractivity contribution < 1.29 is 10.0 Å². The van der Waals surface area contributed by atoms with Crippen LogP contribution in [0, 0.1) is 13.5 Å². The number of aromatic nitrogens is 1. The summed E-state index contributed by atoms with van der Waals surface area (Å²) < 4.78 is 0. The Kier molecular flexibility index (Phi) is 2.43. The molecule has 60 valence electrons. The molecule has 5 heteroatoms. The average Bonchev–Trinajstić information content (AvgIpc) is 2.03. The predicted octanol–water partition coefficient (Wildman–Crippen LogP) is -0.379. The van der Waals surface area contributed by atoms with Gasteiger partial charge in [-0.05, 0) is 17.6 Å². The summed E-state index contributed by atoms with van der Waals surface area (Å²) in [4.78, 5) is 6.95. The minimum atomic E-state index is -1.54. The molecule has 2 N–H and O–H groups in total. The van der Waals surface area contributed by atoms with E-state index in [0.29, 0.717) is 11.2 Å². The van der Waals surface area contributed by atoms with Crippen LogP contribution in [0.25, 0.3) is 4.85 Å². The molecule has 0 unspecified atom stereocenters. The number of hydrogen-bond acceptors (Lipinski definition) is 3. The molecule has 0 saturated carbocycles. The van der Waals surface area contributed by atoms with Crippen molar-refractivity contribution in [3.05, 3.63) is 29.2 Å². The highest BCUT2D eigenvalue weighted by molar-refractivity contribution is 6.58. The smallest absolute Gasteiger partial charge is 0.423 e. The summed E-state index contributed by atoms with van der Waals surface area (Å²) in [5.74, 6) is 0.179. The summed E-state index contributed by atoms with van der Waals surface area (Å²) in [7, 11) is -1.54. The molecular weight excluding hydrogens is 155 g/mol. The van der Waals surface area contributed by atoms with E-state index in [2.05, 4.69) is 9.83 Å². The Balaban J connectivity index is 3.17. The minimum Gasteiger partial charge on any atom is -0.423 e. The second kappa shape index (κ2) is 3.35. The Morgan fingerprint density at radius 2 is 2.17 bits per heavy atom. The van der Waals surface area contributed by atoms with Gasteiger partial charge in [0, 0.05) is 6.92 Å². The van der Waals surface area contributed by atoms with Gasteiger partial charge in [0.2, 0.25) is 0 Å². The fourth-order valence-corrected chi connectivity index (χ4v) is 0.884. The lowest BCUT2D eigenvalue weighted by Crippen LogP contribution is -2.30. The highest BCUT2D eigenvalue weighted by atomic mass is 16.4. The molecule has 1 heterocycles. The third kappa shape index (κ3) is 1.81. The van der Waals surface area contributed by atoms with Gasteiger partial charge in [-0.2, -0.15) is 0 Å². The first-order valence-electron chi connectivity index (χ1n) is 3.35. The van der Waals surface area contributed by atoms with Crippen molar-refractivity contribution in [1.82, 2.24) is 4.98 Å². The molecule has 0 bridgehead atoms. The zero-order valence-corrected chi connectivity index (χ0v) is 6.52. The zero-order valence-electron chi connectivity index (χ0n) is 6.52. The lowest BCUT2D eigenvalue weighted by atomic mass is 9.80. The maximum Gasteiger partial charge on any atom is 0.487 e. The van der Waals surface area contributed by atoms with Crippen LogP contribution in [0.3, 0.4) is 0 Å². The maximum atomic E-state index is 8.79. The van der Waals surface area contributed by atoms with Crippen LogP contribution in [-0.4, -0.2) is 22.2 Å². The van der Waals surface area contributed by atoms with Gasteiger partial charge in [-0.25, -0.2) is 0 Å². The Morgan fingerprint density at radius 3 is 2.67 bits per heavy atom. The molecule has 0 spiro atoms.